The van der Waals surface area contributed by atoms with Gasteiger partial charge in [0.1, 0.15) is 0 Å². The van der Waals surface area contributed by atoms with Gasteiger partial charge in [-0.1, -0.05) is 72.8 Å². The highest BCUT2D eigenvalue weighted by atomic mass is 14.2. The van der Waals surface area contributed by atoms with E-state index in [4.69, 9.17) is 0 Å². The van der Waals surface area contributed by atoms with Crippen LogP contribution in [0.3, 0.4) is 0 Å². The molecular formula is C28H16. The normalized spacial score (nSPS) is 12.3. The Morgan fingerprint density at radius 3 is 1.64 bits per heavy atom. The Balaban J connectivity index is 1.65. The first-order valence-electron chi connectivity index (χ1n) is 9.79. The van der Waals surface area contributed by atoms with Crippen molar-refractivity contribution >= 4 is 43.1 Å². The fraction of sp³-hybridized carbons (Fsp3) is 0. The molecule has 0 N–H and O–H groups in total. The smallest absolute Gasteiger partial charge is 0.00264 e. The highest BCUT2D eigenvalue weighted by Gasteiger charge is 2.21. The Kier molecular flexibility index (Phi) is 2.57. The summed E-state index contributed by atoms with van der Waals surface area (Å²) < 4.78 is 0. The fourth-order valence-electron chi connectivity index (χ4n) is 5.03. The van der Waals surface area contributed by atoms with Crippen LogP contribution in [0.4, 0.5) is 0 Å². The largest absolute Gasteiger partial charge is 0.0616 e. The van der Waals surface area contributed by atoms with E-state index < -0.39 is 0 Å². The first kappa shape index (κ1) is 14.4. The molecule has 0 radical (unpaired) electrons. The van der Waals surface area contributed by atoms with Crippen LogP contribution in [0.2, 0.25) is 0 Å². The van der Waals surface area contributed by atoms with Crippen LogP contribution in [0.15, 0.2) is 97.1 Å². The van der Waals surface area contributed by atoms with Gasteiger partial charge in [0.15, 0.2) is 0 Å². The average molecular weight is 352 g/mol. The average Bonchev–Trinajstić information content (AvgIpc) is 3.06. The molecule has 128 valence electrons. The molecule has 1 aliphatic rings. The molecule has 0 heteroatoms. The van der Waals surface area contributed by atoms with Gasteiger partial charge in [-0.15, -0.1) is 0 Å². The van der Waals surface area contributed by atoms with Crippen molar-refractivity contribution in [3.63, 3.8) is 0 Å². The lowest BCUT2D eigenvalue weighted by Gasteiger charge is -2.10. The van der Waals surface area contributed by atoms with Crippen molar-refractivity contribution < 1.29 is 0 Å². The van der Waals surface area contributed by atoms with Crippen LogP contribution in [0.1, 0.15) is 0 Å². The van der Waals surface area contributed by atoms with Crippen LogP contribution >= 0.6 is 0 Å². The second-order valence-electron chi connectivity index (χ2n) is 7.81. The van der Waals surface area contributed by atoms with Gasteiger partial charge in [-0.25, -0.2) is 0 Å². The summed E-state index contributed by atoms with van der Waals surface area (Å²) in [4.78, 5) is 0. The molecular weight excluding hydrogens is 336 g/mol. The maximum absolute atomic E-state index is 2.41. The Bertz CT molecular complexity index is 1600. The summed E-state index contributed by atoms with van der Waals surface area (Å²) in [6.45, 7) is 0. The van der Waals surface area contributed by atoms with Gasteiger partial charge >= 0.3 is 0 Å². The van der Waals surface area contributed by atoms with Crippen molar-refractivity contribution in [2.75, 3.05) is 0 Å². The minimum Gasteiger partial charge on any atom is -0.0616 e. The Morgan fingerprint density at radius 1 is 0.321 bits per heavy atom. The molecule has 0 heterocycles. The lowest BCUT2D eigenvalue weighted by atomic mass is 9.94. The van der Waals surface area contributed by atoms with Gasteiger partial charge in [0.2, 0.25) is 0 Å². The van der Waals surface area contributed by atoms with E-state index in [1.807, 2.05) is 0 Å². The predicted octanol–water partition coefficient (Wildman–Crippen LogP) is 7.95. The molecule has 0 unspecified atom stereocenters. The molecule has 0 atom stereocenters. The summed E-state index contributed by atoms with van der Waals surface area (Å²) in [5.41, 5.74) is 5.45. The molecule has 0 aromatic heterocycles. The third-order valence-corrected chi connectivity index (χ3v) is 6.33. The Labute approximate surface area is 162 Å². The number of rotatable bonds is 0. The van der Waals surface area contributed by atoms with E-state index in [2.05, 4.69) is 97.1 Å². The van der Waals surface area contributed by atoms with E-state index >= 15 is 0 Å². The van der Waals surface area contributed by atoms with Gasteiger partial charge in [-0.05, 0) is 89.6 Å². The lowest BCUT2D eigenvalue weighted by molar-refractivity contribution is 1.75. The van der Waals surface area contributed by atoms with Crippen LogP contribution in [-0.4, -0.2) is 0 Å². The van der Waals surface area contributed by atoms with E-state index in [9.17, 15) is 0 Å². The van der Waals surface area contributed by atoms with Gasteiger partial charge in [0.05, 0.1) is 0 Å². The molecule has 0 aliphatic heterocycles. The predicted molar refractivity (Wildman–Crippen MR) is 121 cm³/mol. The Hall–Kier alpha value is -3.64. The number of hydrogen-bond donors (Lipinski definition) is 0. The Morgan fingerprint density at radius 2 is 0.893 bits per heavy atom. The molecule has 6 aromatic rings. The molecule has 0 spiro atoms. The highest BCUT2D eigenvalue weighted by Crippen LogP contribution is 2.49. The molecule has 0 amide bonds. The first-order valence-corrected chi connectivity index (χ1v) is 9.79. The third kappa shape index (κ3) is 1.75. The van der Waals surface area contributed by atoms with Gasteiger partial charge < -0.3 is 0 Å². The lowest BCUT2D eigenvalue weighted by Crippen LogP contribution is -1.83. The molecule has 7 rings (SSSR count). The number of hydrogen-bond acceptors (Lipinski definition) is 0. The topological polar surface area (TPSA) is 0 Å². The maximum Gasteiger partial charge on any atom is -0.00264 e. The first-order chi connectivity index (χ1) is 13.9. The minimum atomic E-state index is 1.30. The quantitative estimate of drug-likeness (QED) is 0.192. The van der Waals surface area contributed by atoms with Crippen LogP contribution in [0.25, 0.3) is 65.3 Å². The van der Waals surface area contributed by atoms with E-state index in [1.54, 1.807) is 0 Å². The molecule has 0 saturated carbocycles. The SMILES string of the molecule is c1ccc2cc3c(ccc4cc5c(cc43)-c3cccc4cccc-5c34)cc2c1. The summed E-state index contributed by atoms with van der Waals surface area (Å²) in [6, 6.07) is 35.9. The van der Waals surface area contributed by atoms with Gasteiger partial charge in [-0.2, -0.15) is 0 Å². The van der Waals surface area contributed by atoms with E-state index in [1.165, 1.54) is 65.3 Å². The molecule has 6 aromatic carbocycles. The molecule has 0 saturated heterocycles. The van der Waals surface area contributed by atoms with Crippen molar-refractivity contribution in [2.24, 2.45) is 0 Å². The van der Waals surface area contributed by atoms with Crippen molar-refractivity contribution in [2.45, 2.75) is 0 Å². The molecule has 1 aliphatic carbocycles. The molecule has 0 nitrogen and oxygen atoms in total. The number of fused-ring (bicyclic) bond motifs is 7. The van der Waals surface area contributed by atoms with Crippen molar-refractivity contribution in [1.29, 1.82) is 0 Å². The maximum atomic E-state index is 2.41. The monoisotopic (exact) mass is 352 g/mol. The van der Waals surface area contributed by atoms with Crippen molar-refractivity contribution in [1.82, 2.24) is 0 Å². The second-order valence-corrected chi connectivity index (χ2v) is 7.81. The summed E-state index contributed by atoms with van der Waals surface area (Å²) in [5.74, 6) is 0. The third-order valence-electron chi connectivity index (χ3n) is 6.33. The highest BCUT2D eigenvalue weighted by molar-refractivity contribution is 6.20. The zero-order chi connectivity index (χ0) is 18.2. The van der Waals surface area contributed by atoms with E-state index in [-0.39, 0.29) is 0 Å². The minimum absolute atomic E-state index is 1.30. The summed E-state index contributed by atoms with van der Waals surface area (Å²) in [5, 5.41) is 10.6. The molecule has 0 bridgehead atoms. The van der Waals surface area contributed by atoms with Crippen LogP contribution < -0.4 is 0 Å². The van der Waals surface area contributed by atoms with E-state index in [0.29, 0.717) is 0 Å². The van der Waals surface area contributed by atoms with Crippen LogP contribution in [-0.2, 0) is 0 Å². The molecule has 0 fully saturated rings. The van der Waals surface area contributed by atoms with Gasteiger partial charge in [-0.3, -0.25) is 0 Å². The number of benzene rings is 6. The second kappa shape index (κ2) is 4.99. The summed E-state index contributed by atoms with van der Waals surface area (Å²) in [6.07, 6.45) is 0. The molecule has 28 heavy (non-hydrogen) atoms. The standard InChI is InChI=1S/C28H16/c1-2-6-19-14-24-20(13-18(19)5-1)11-12-21-15-26-22-9-3-7-17-8-4-10-23(28(17)22)27(26)16-25(21)24/h1-16H. The van der Waals surface area contributed by atoms with E-state index in [0.717, 1.165) is 0 Å². The zero-order valence-electron chi connectivity index (χ0n) is 15.2. The van der Waals surface area contributed by atoms with Crippen LogP contribution in [0, 0.1) is 0 Å². The van der Waals surface area contributed by atoms with Crippen molar-refractivity contribution in [3.05, 3.63) is 97.1 Å². The van der Waals surface area contributed by atoms with Crippen LogP contribution in [0.5, 0.6) is 0 Å². The van der Waals surface area contributed by atoms with Gasteiger partial charge in [0, 0.05) is 0 Å². The summed E-state index contributed by atoms with van der Waals surface area (Å²) >= 11 is 0. The van der Waals surface area contributed by atoms with Gasteiger partial charge in [0.25, 0.3) is 0 Å². The zero-order valence-corrected chi connectivity index (χ0v) is 15.2. The fourth-order valence-corrected chi connectivity index (χ4v) is 5.03. The summed E-state index contributed by atoms with van der Waals surface area (Å²) in [7, 11) is 0. The van der Waals surface area contributed by atoms with Crippen molar-refractivity contribution in [3.8, 4) is 22.3 Å².